The van der Waals surface area contributed by atoms with Gasteiger partial charge in [-0.25, -0.2) is 22.2 Å². The Bertz CT molecular complexity index is 648. The van der Waals surface area contributed by atoms with E-state index in [4.69, 9.17) is 0 Å². The maximum Gasteiger partial charge on any atom is 0.191 e. The Balaban J connectivity index is 2.71. The van der Waals surface area contributed by atoms with Gasteiger partial charge in [0.1, 0.15) is 21.5 Å². The Morgan fingerprint density at radius 3 is 2.65 bits per heavy atom. The number of nitrogens with zero attached hydrogens (tertiary/aromatic N) is 1. The molecule has 5 nitrogen and oxygen atoms in total. The maximum absolute atomic E-state index is 13.6. The zero-order valence-corrected chi connectivity index (χ0v) is 14.4. The van der Waals surface area contributed by atoms with Crippen LogP contribution in [-0.2, 0) is 16.4 Å². The summed E-state index contributed by atoms with van der Waals surface area (Å²) in [5, 5.41) is 6.04. The van der Waals surface area contributed by atoms with Gasteiger partial charge in [-0.2, -0.15) is 0 Å². The van der Waals surface area contributed by atoms with Crippen LogP contribution in [-0.4, -0.2) is 39.0 Å². The van der Waals surface area contributed by atoms with Crippen molar-refractivity contribution in [3.63, 3.8) is 0 Å². The average molecular weight is 347 g/mol. The molecule has 0 aliphatic carbocycles. The van der Waals surface area contributed by atoms with E-state index in [1.165, 1.54) is 6.26 Å². The van der Waals surface area contributed by atoms with E-state index in [1.807, 2.05) is 13.8 Å². The van der Waals surface area contributed by atoms with Crippen molar-refractivity contribution in [2.45, 2.75) is 32.9 Å². The van der Waals surface area contributed by atoms with Crippen molar-refractivity contribution in [3.8, 4) is 0 Å². The fourth-order valence-corrected chi connectivity index (χ4v) is 2.63. The molecule has 1 atom stereocenters. The summed E-state index contributed by atoms with van der Waals surface area (Å²) in [6.07, 6.45) is 1.61. The number of aliphatic imine (C=N–C) groups is 1. The van der Waals surface area contributed by atoms with Crippen molar-refractivity contribution < 1.29 is 17.2 Å². The molecule has 0 aromatic heterocycles. The second kappa shape index (κ2) is 8.81. The molecule has 1 rings (SSSR count). The van der Waals surface area contributed by atoms with Gasteiger partial charge in [0, 0.05) is 24.4 Å². The third kappa shape index (κ3) is 7.92. The van der Waals surface area contributed by atoms with Gasteiger partial charge in [-0.3, -0.25) is 0 Å². The lowest BCUT2D eigenvalue weighted by molar-refractivity contribution is 0.578. The molecule has 23 heavy (non-hydrogen) atoms. The lowest BCUT2D eigenvalue weighted by Gasteiger charge is -2.17. The number of hydrogen-bond donors (Lipinski definition) is 2. The zero-order valence-electron chi connectivity index (χ0n) is 13.6. The molecule has 0 amide bonds. The lowest BCUT2D eigenvalue weighted by atomic mass is 10.2. The largest absolute Gasteiger partial charge is 0.357 e. The Morgan fingerprint density at radius 2 is 2.04 bits per heavy atom. The molecular formula is C15H23F2N3O2S. The predicted octanol–water partition coefficient (Wildman–Crippen LogP) is 1.84. The summed E-state index contributed by atoms with van der Waals surface area (Å²) in [5.74, 6) is -0.539. The van der Waals surface area contributed by atoms with E-state index >= 15 is 0 Å². The molecule has 0 spiro atoms. The number of rotatable bonds is 7. The first-order valence-electron chi connectivity index (χ1n) is 7.37. The molecule has 0 heterocycles. The van der Waals surface area contributed by atoms with Gasteiger partial charge in [0.05, 0.1) is 12.3 Å². The number of sulfone groups is 1. The Hall–Kier alpha value is -1.70. The van der Waals surface area contributed by atoms with Gasteiger partial charge in [-0.1, -0.05) is 0 Å². The molecule has 0 fully saturated rings. The van der Waals surface area contributed by atoms with Crippen LogP contribution in [0.3, 0.4) is 0 Å². The van der Waals surface area contributed by atoms with E-state index in [0.717, 1.165) is 18.2 Å². The smallest absolute Gasteiger partial charge is 0.191 e. The van der Waals surface area contributed by atoms with Gasteiger partial charge < -0.3 is 10.6 Å². The highest BCUT2D eigenvalue weighted by Crippen LogP contribution is 2.10. The van der Waals surface area contributed by atoms with Crippen molar-refractivity contribution in [2.24, 2.45) is 4.99 Å². The minimum atomic E-state index is -3.02. The summed E-state index contributed by atoms with van der Waals surface area (Å²) in [6.45, 7) is 4.29. The quantitative estimate of drug-likeness (QED) is 0.583. The minimum Gasteiger partial charge on any atom is -0.357 e. The molecule has 130 valence electrons. The summed E-state index contributed by atoms with van der Waals surface area (Å²) in [5.41, 5.74) is 0.158. The topological polar surface area (TPSA) is 70.6 Å². The molecule has 1 unspecified atom stereocenters. The highest BCUT2D eigenvalue weighted by Gasteiger charge is 2.10. The summed E-state index contributed by atoms with van der Waals surface area (Å²) < 4.78 is 49.1. The molecule has 0 aliphatic heterocycles. The van der Waals surface area contributed by atoms with E-state index in [0.29, 0.717) is 18.9 Å². The van der Waals surface area contributed by atoms with Crippen molar-refractivity contribution >= 4 is 15.8 Å². The van der Waals surface area contributed by atoms with E-state index in [1.54, 1.807) is 0 Å². The van der Waals surface area contributed by atoms with Crippen molar-refractivity contribution in [1.82, 2.24) is 10.6 Å². The number of nitrogens with one attached hydrogen (secondary N) is 2. The third-order valence-electron chi connectivity index (χ3n) is 3.06. The molecule has 0 saturated heterocycles. The fraction of sp³-hybridized carbons (Fsp3) is 0.533. The summed E-state index contributed by atoms with van der Waals surface area (Å²) in [4.78, 5) is 4.21. The van der Waals surface area contributed by atoms with Crippen LogP contribution in [0.5, 0.6) is 0 Å². The van der Waals surface area contributed by atoms with Crippen LogP contribution in [0.1, 0.15) is 25.8 Å². The third-order valence-corrected chi connectivity index (χ3v) is 4.04. The first-order valence-corrected chi connectivity index (χ1v) is 9.44. The van der Waals surface area contributed by atoms with Gasteiger partial charge in [0.25, 0.3) is 0 Å². The molecule has 1 aromatic carbocycles. The molecule has 0 saturated carbocycles. The van der Waals surface area contributed by atoms with E-state index < -0.39 is 21.5 Å². The first-order chi connectivity index (χ1) is 10.7. The van der Waals surface area contributed by atoms with Crippen LogP contribution in [0.15, 0.2) is 23.2 Å². The van der Waals surface area contributed by atoms with Gasteiger partial charge in [-0.05, 0) is 38.5 Å². The van der Waals surface area contributed by atoms with Crippen LogP contribution < -0.4 is 10.6 Å². The molecule has 8 heteroatoms. The normalized spacial score (nSPS) is 13.7. The Kier molecular flexibility index (Phi) is 7.41. The second-order valence-corrected chi connectivity index (χ2v) is 7.65. The van der Waals surface area contributed by atoms with Crippen LogP contribution in [0.2, 0.25) is 0 Å². The SMILES string of the molecule is CCNC(=NCc1cc(F)ccc1F)NC(C)CCS(C)(=O)=O. The number of halogens is 2. The molecule has 0 bridgehead atoms. The molecule has 0 aliphatic rings. The Labute approximate surface area is 136 Å². The van der Waals surface area contributed by atoms with Crippen molar-refractivity contribution in [2.75, 3.05) is 18.6 Å². The first kappa shape index (κ1) is 19.3. The summed E-state index contributed by atoms with van der Waals surface area (Å²) in [7, 11) is -3.02. The number of benzene rings is 1. The van der Waals surface area contributed by atoms with Gasteiger partial charge in [-0.15, -0.1) is 0 Å². The van der Waals surface area contributed by atoms with Crippen molar-refractivity contribution in [3.05, 3.63) is 35.4 Å². The van der Waals surface area contributed by atoms with Crippen LogP contribution in [0, 0.1) is 11.6 Å². The maximum atomic E-state index is 13.6. The lowest BCUT2D eigenvalue weighted by Crippen LogP contribution is -2.42. The standard InChI is InChI=1S/C15H23F2N3O2S/c1-4-18-15(20-11(2)7-8-23(3,21)22)19-10-12-9-13(16)5-6-14(12)17/h5-6,9,11H,4,7-8,10H2,1-3H3,(H2,18,19,20). The van der Waals surface area contributed by atoms with Gasteiger partial charge >= 0.3 is 0 Å². The highest BCUT2D eigenvalue weighted by molar-refractivity contribution is 7.90. The average Bonchev–Trinajstić information content (AvgIpc) is 2.45. The predicted molar refractivity (Wildman–Crippen MR) is 88.1 cm³/mol. The fourth-order valence-electron chi connectivity index (χ4n) is 1.85. The van der Waals surface area contributed by atoms with E-state index in [9.17, 15) is 17.2 Å². The van der Waals surface area contributed by atoms with Crippen molar-refractivity contribution in [1.29, 1.82) is 0 Å². The number of guanidine groups is 1. The molecular weight excluding hydrogens is 324 g/mol. The van der Waals surface area contributed by atoms with Crippen LogP contribution in [0.25, 0.3) is 0 Å². The van der Waals surface area contributed by atoms with E-state index in [2.05, 4.69) is 15.6 Å². The summed E-state index contributed by atoms with van der Waals surface area (Å²) >= 11 is 0. The summed E-state index contributed by atoms with van der Waals surface area (Å²) in [6, 6.07) is 3.10. The molecule has 1 aromatic rings. The van der Waals surface area contributed by atoms with Crippen LogP contribution >= 0.6 is 0 Å². The van der Waals surface area contributed by atoms with E-state index in [-0.39, 0.29) is 23.9 Å². The molecule has 0 radical (unpaired) electrons. The minimum absolute atomic E-state index is 0.0161. The molecule has 2 N–H and O–H groups in total. The van der Waals surface area contributed by atoms with Gasteiger partial charge in [0.15, 0.2) is 5.96 Å². The van der Waals surface area contributed by atoms with Crippen LogP contribution in [0.4, 0.5) is 8.78 Å². The zero-order chi connectivity index (χ0) is 17.5. The Morgan fingerprint density at radius 1 is 1.35 bits per heavy atom. The van der Waals surface area contributed by atoms with Gasteiger partial charge in [0.2, 0.25) is 0 Å². The second-order valence-electron chi connectivity index (χ2n) is 5.39. The highest BCUT2D eigenvalue weighted by atomic mass is 32.2. The number of hydrogen-bond acceptors (Lipinski definition) is 3. The monoisotopic (exact) mass is 347 g/mol.